The Morgan fingerprint density at radius 3 is 2.58 bits per heavy atom. The van der Waals surface area contributed by atoms with Crippen molar-refractivity contribution in [1.29, 1.82) is 0 Å². The highest BCUT2D eigenvalue weighted by Crippen LogP contribution is 2.22. The molecule has 0 saturated carbocycles. The van der Waals surface area contributed by atoms with Crippen LogP contribution in [0.25, 0.3) is 0 Å². The van der Waals surface area contributed by atoms with Crippen molar-refractivity contribution in [2.24, 2.45) is 0 Å². The third kappa shape index (κ3) is 4.49. The Bertz CT molecular complexity index is 774. The summed E-state index contributed by atoms with van der Waals surface area (Å²) in [6.45, 7) is 3.73. The van der Waals surface area contributed by atoms with E-state index in [2.05, 4.69) is 10.1 Å². The zero-order chi connectivity index (χ0) is 17.7. The largest absolute Gasteiger partial charge is 0.483 e. The van der Waals surface area contributed by atoms with E-state index < -0.39 is 5.97 Å². The summed E-state index contributed by atoms with van der Waals surface area (Å²) >= 11 is 5.94. The van der Waals surface area contributed by atoms with Gasteiger partial charge < -0.3 is 14.8 Å². The molecule has 1 amide bonds. The summed E-state index contributed by atoms with van der Waals surface area (Å²) in [5.41, 5.74) is 2.63. The minimum absolute atomic E-state index is 0.138. The SMILES string of the molecule is COC(=O)c1cc(NC(=O)COc2cc(C)ccc2C)ccc1Cl. The van der Waals surface area contributed by atoms with Crippen LogP contribution >= 0.6 is 11.6 Å². The Balaban J connectivity index is 2.02. The van der Waals surface area contributed by atoms with E-state index in [9.17, 15) is 9.59 Å². The second-order valence-corrected chi connectivity index (χ2v) is 5.70. The smallest absolute Gasteiger partial charge is 0.339 e. The third-order valence-corrected chi connectivity index (χ3v) is 3.69. The number of carbonyl (C=O) groups is 2. The number of hydrogen-bond donors (Lipinski definition) is 1. The van der Waals surface area contributed by atoms with Crippen LogP contribution in [-0.4, -0.2) is 25.6 Å². The van der Waals surface area contributed by atoms with Gasteiger partial charge in [0.2, 0.25) is 0 Å². The highest BCUT2D eigenvalue weighted by atomic mass is 35.5. The Labute approximate surface area is 145 Å². The molecule has 0 aliphatic heterocycles. The molecule has 0 fully saturated rings. The fourth-order valence-corrected chi connectivity index (χ4v) is 2.27. The van der Waals surface area contributed by atoms with Crippen LogP contribution in [0.3, 0.4) is 0 Å². The maximum atomic E-state index is 12.0. The van der Waals surface area contributed by atoms with Gasteiger partial charge in [0, 0.05) is 5.69 Å². The topological polar surface area (TPSA) is 64.6 Å². The number of esters is 1. The Morgan fingerprint density at radius 2 is 1.88 bits per heavy atom. The molecule has 0 bridgehead atoms. The molecular weight excluding hydrogens is 330 g/mol. The van der Waals surface area contributed by atoms with Gasteiger partial charge in [0.25, 0.3) is 5.91 Å². The first-order valence-corrected chi connectivity index (χ1v) is 7.66. The third-order valence-electron chi connectivity index (χ3n) is 3.36. The maximum absolute atomic E-state index is 12.0. The molecule has 2 aromatic rings. The lowest BCUT2D eigenvalue weighted by atomic mass is 10.1. The van der Waals surface area contributed by atoms with Gasteiger partial charge in [-0.3, -0.25) is 4.79 Å². The lowest BCUT2D eigenvalue weighted by molar-refractivity contribution is -0.118. The maximum Gasteiger partial charge on any atom is 0.339 e. The van der Waals surface area contributed by atoms with Crippen molar-refractivity contribution in [2.75, 3.05) is 19.0 Å². The summed E-state index contributed by atoms with van der Waals surface area (Å²) in [6.07, 6.45) is 0. The lowest BCUT2D eigenvalue weighted by Gasteiger charge is -2.11. The second-order valence-electron chi connectivity index (χ2n) is 5.29. The lowest BCUT2D eigenvalue weighted by Crippen LogP contribution is -2.20. The normalized spacial score (nSPS) is 10.2. The number of benzene rings is 2. The number of rotatable bonds is 5. The minimum atomic E-state index is -0.567. The number of hydrogen-bond acceptors (Lipinski definition) is 4. The first-order chi connectivity index (χ1) is 11.4. The van der Waals surface area contributed by atoms with Crippen LogP contribution in [0.1, 0.15) is 21.5 Å². The van der Waals surface area contributed by atoms with Crippen molar-refractivity contribution >= 4 is 29.2 Å². The monoisotopic (exact) mass is 347 g/mol. The number of amides is 1. The molecule has 0 spiro atoms. The highest BCUT2D eigenvalue weighted by Gasteiger charge is 2.13. The fraction of sp³-hybridized carbons (Fsp3) is 0.222. The summed E-state index contributed by atoms with van der Waals surface area (Å²) in [7, 11) is 1.27. The van der Waals surface area contributed by atoms with Crippen molar-refractivity contribution < 1.29 is 19.1 Å². The van der Waals surface area contributed by atoms with Gasteiger partial charge in [-0.25, -0.2) is 4.79 Å². The van der Waals surface area contributed by atoms with E-state index in [1.54, 1.807) is 6.07 Å². The van der Waals surface area contributed by atoms with Crippen LogP contribution in [0, 0.1) is 13.8 Å². The van der Waals surface area contributed by atoms with Crippen LogP contribution in [-0.2, 0) is 9.53 Å². The average Bonchev–Trinajstić information content (AvgIpc) is 2.56. The van der Waals surface area contributed by atoms with E-state index in [1.165, 1.54) is 19.2 Å². The van der Waals surface area contributed by atoms with E-state index in [0.717, 1.165) is 11.1 Å². The number of anilines is 1. The molecule has 0 aliphatic carbocycles. The summed E-state index contributed by atoms with van der Waals surface area (Å²) in [5.74, 6) is -0.242. The second kappa shape index (κ2) is 7.84. The number of nitrogens with one attached hydrogen (secondary N) is 1. The molecule has 6 heteroatoms. The molecule has 5 nitrogen and oxygen atoms in total. The predicted octanol–water partition coefficient (Wildman–Crippen LogP) is 3.76. The van der Waals surface area contributed by atoms with E-state index in [4.69, 9.17) is 16.3 Å². The van der Waals surface area contributed by atoms with Gasteiger partial charge >= 0.3 is 5.97 Å². The molecule has 0 unspecified atom stereocenters. The molecule has 24 heavy (non-hydrogen) atoms. The predicted molar refractivity (Wildman–Crippen MR) is 92.8 cm³/mol. The van der Waals surface area contributed by atoms with Crippen molar-refractivity contribution in [3.63, 3.8) is 0 Å². The molecule has 0 radical (unpaired) electrons. The first-order valence-electron chi connectivity index (χ1n) is 7.28. The van der Waals surface area contributed by atoms with Crippen molar-refractivity contribution in [2.45, 2.75) is 13.8 Å². The summed E-state index contributed by atoms with van der Waals surface area (Å²) in [4.78, 5) is 23.6. The highest BCUT2D eigenvalue weighted by molar-refractivity contribution is 6.33. The molecule has 1 N–H and O–H groups in total. The zero-order valence-corrected chi connectivity index (χ0v) is 14.4. The molecule has 2 aromatic carbocycles. The van der Waals surface area contributed by atoms with Crippen LogP contribution in [0.4, 0.5) is 5.69 Å². The Hall–Kier alpha value is -2.53. The van der Waals surface area contributed by atoms with Gasteiger partial charge in [0.05, 0.1) is 17.7 Å². The summed E-state index contributed by atoms with van der Waals surface area (Å²) < 4.78 is 10.2. The van der Waals surface area contributed by atoms with E-state index in [-0.39, 0.29) is 23.1 Å². The molecule has 0 aromatic heterocycles. The number of aryl methyl sites for hydroxylation is 2. The van der Waals surface area contributed by atoms with E-state index in [1.807, 2.05) is 32.0 Å². The van der Waals surface area contributed by atoms with Gasteiger partial charge in [-0.15, -0.1) is 0 Å². The minimum Gasteiger partial charge on any atom is -0.483 e. The van der Waals surface area contributed by atoms with Crippen LogP contribution in [0.2, 0.25) is 5.02 Å². The van der Waals surface area contributed by atoms with Gasteiger partial charge in [0.1, 0.15) is 5.75 Å². The van der Waals surface area contributed by atoms with Crippen LogP contribution < -0.4 is 10.1 Å². The summed E-state index contributed by atoms with van der Waals surface area (Å²) in [5, 5.41) is 2.92. The molecule has 2 rings (SSSR count). The molecule has 0 aliphatic rings. The van der Waals surface area contributed by atoms with Gasteiger partial charge in [-0.2, -0.15) is 0 Å². The van der Waals surface area contributed by atoms with Gasteiger partial charge in [0.15, 0.2) is 6.61 Å². The zero-order valence-electron chi connectivity index (χ0n) is 13.7. The molecular formula is C18H18ClNO4. The number of ether oxygens (including phenoxy) is 2. The molecule has 0 heterocycles. The quantitative estimate of drug-likeness (QED) is 0.836. The molecule has 126 valence electrons. The van der Waals surface area contributed by atoms with Gasteiger partial charge in [-0.05, 0) is 49.2 Å². The fourth-order valence-electron chi connectivity index (χ4n) is 2.07. The Kier molecular flexibility index (Phi) is 5.82. The summed E-state index contributed by atoms with van der Waals surface area (Å²) in [6, 6.07) is 10.4. The van der Waals surface area contributed by atoms with Crippen molar-refractivity contribution in [3.05, 3.63) is 58.1 Å². The average molecular weight is 348 g/mol. The first kappa shape index (κ1) is 17.8. The van der Waals surface area contributed by atoms with Gasteiger partial charge in [-0.1, -0.05) is 23.7 Å². The molecule has 0 saturated heterocycles. The number of carbonyl (C=O) groups excluding carboxylic acids is 2. The van der Waals surface area contributed by atoms with Crippen LogP contribution in [0.5, 0.6) is 5.75 Å². The van der Waals surface area contributed by atoms with E-state index >= 15 is 0 Å². The number of methoxy groups -OCH3 is 1. The van der Waals surface area contributed by atoms with Crippen LogP contribution in [0.15, 0.2) is 36.4 Å². The Morgan fingerprint density at radius 1 is 1.12 bits per heavy atom. The van der Waals surface area contributed by atoms with Crippen molar-refractivity contribution in [1.82, 2.24) is 0 Å². The number of halogens is 1. The molecule has 0 atom stereocenters. The van der Waals surface area contributed by atoms with E-state index in [0.29, 0.717) is 11.4 Å². The standard InChI is InChI=1S/C18H18ClNO4/c1-11-4-5-12(2)16(8-11)24-10-17(21)20-13-6-7-15(19)14(9-13)18(22)23-3/h4-9H,10H2,1-3H3,(H,20,21). The van der Waals surface area contributed by atoms with Crippen molar-refractivity contribution in [3.8, 4) is 5.75 Å².